The Hall–Kier alpha value is -4.53. The van der Waals surface area contributed by atoms with Crippen molar-refractivity contribution in [3.8, 4) is 5.75 Å². The number of aryl methyl sites for hydroxylation is 2. The molecular weight excluding hydrogens is 470 g/mol. The van der Waals surface area contributed by atoms with E-state index in [2.05, 4.69) is 9.97 Å². The van der Waals surface area contributed by atoms with Crippen LogP contribution in [0.5, 0.6) is 5.75 Å². The molecule has 1 aliphatic rings. The number of nitrogens with zero attached hydrogens (tertiary/aromatic N) is 5. The number of carbonyl (C=O) groups is 2. The highest BCUT2D eigenvalue weighted by Crippen LogP contribution is 2.16. The van der Waals surface area contributed by atoms with Gasteiger partial charge in [0.2, 0.25) is 0 Å². The Morgan fingerprint density at radius 3 is 2.35 bits per heavy atom. The van der Waals surface area contributed by atoms with Gasteiger partial charge in [-0.15, -0.1) is 0 Å². The standard InChI is InChI=1S/C28H27N5O4/c1-37-22-10-5-9-21(19-22)26(34)31-15-17-32(18-16-31)27(35)24-28(36)33(14-12-20-7-3-2-4-8-20)25-23(30-24)11-6-13-29-25/h2-11,13,19H,12,14-18H2,1H3. The number of fused-ring (bicyclic) bond motifs is 1. The van der Waals surface area contributed by atoms with Crippen molar-refractivity contribution in [3.05, 3.63) is 100 Å². The van der Waals surface area contributed by atoms with Crippen LogP contribution >= 0.6 is 0 Å². The zero-order valence-corrected chi connectivity index (χ0v) is 20.5. The second-order valence-electron chi connectivity index (χ2n) is 8.82. The molecule has 37 heavy (non-hydrogen) atoms. The fourth-order valence-corrected chi connectivity index (χ4v) is 4.51. The Kier molecular flexibility index (Phi) is 6.93. The maximum atomic E-state index is 13.4. The predicted octanol–water partition coefficient (Wildman–Crippen LogP) is 2.64. The molecule has 1 fully saturated rings. The van der Waals surface area contributed by atoms with E-state index < -0.39 is 11.5 Å². The van der Waals surface area contributed by atoms with Gasteiger partial charge in [-0.25, -0.2) is 9.97 Å². The van der Waals surface area contributed by atoms with Crippen LogP contribution in [-0.2, 0) is 13.0 Å². The first-order valence-corrected chi connectivity index (χ1v) is 12.2. The smallest absolute Gasteiger partial charge is 0.283 e. The lowest BCUT2D eigenvalue weighted by Gasteiger charge is -2.34. The van der Waals surface area contributed by atoms with Gasteiger partial charge in [-0.3, -0.25) is 19.0 Å². The number of aromatic nitrogens is 3. The minimum absolute atomic E-state index is 0.121. The minimum atomic E-state index is -0.456. The van der Waals surface area contributed by atoms with E-state index >= 15 is 0 Å². The van der Waals surface area contributed by atoms with Crippen LogP contribution in [0.1, 0.15) is 26.4 Å². The second-order valence-corrected chi connectivity index (χ2v) is 8.82. The number of amides is 2. The van der Waals surface area contributed by atoms with E-state index in [1.54, 1.807) is 59.5 Å². The molecule has 0 N–H and O–H groups in total. The normalized spacial score (nSPS) is 13.5. The zero-order valence-electron chi connectivity index (χ0n) is 20.5. The van der Waals surface area contributed by atoms with Crippen molar-refractivity contribution in [2.24, 2.45) is 0 Å². The summed E-state index contributed by atoms with van der Waals surface area (Å²) in [6.07, 6.45) is 2.23. The maximum absolute atomic E-state index is 13.4. The van der Waals surface area contributed by atoms with Crippen LogP contribution in [0.25, 0.3) is 11.2 Å². The number of piperazine rings is 1. The van der Waals surface area contributed by atoms with Gasteiger partial charge in [-0.05, 0) is 42.3 Å². The summed E-state index contributed by atoms with van der Waals surface area (Å²) in [5, 5.41) is 0. The topological polar surface area (TPSA) is 97.6 Å². The van der Waals surface area contributed by atoms with Crippen LogP contribution < -0.4 is 10.3 Å². The van der Waals surface area contributed by atoms with Crippen molar-refractivity contribution in [2.45, 2.75) is 13.0 Å². The number of methoxy groups -OCH3 is 1. The van der Waals surface area contributed by atoms with E-state index in [0.717, 1.165) is 5.56 Å². The number of hydrogen-bond acceptors (Lipinski definition) is 6. The first-order valence-electron chi connectivity index (χ1n) is 12.2. The lowest BCUT2D eigenvalue weighted by molar-refractivity contribution is 0.0531. The average molecular weight is 498 g/mol. The molecule has 0 atom stereocenters. The molecule has 2 aromatic heterocycles. The first kappa shape index (κ1) is 24.2. The van der Waals surface area contributed by atoms with Crippen molar-refractivity contribution < 1.29 is 14.3 Å². The number of rotatable bonds is 6. The zero-order chi connectivity index (χ0) is 25.8. The van der Waals surface area contributed by atoms with Gasteiger partial charge in [0.25, 0.3) is 17.4 Å². The monoisotopic (exact) mass is 497 g/mol. The molecule has 1 aliphatic heterocycles. The Morgan fingerprint density at radius 1 is 0.892 bits per heavy atom. The van der Waals surface area contributed by atoms with Gasteiger partial charge in [-0.1, -0.05) is 36.4 Å². The van der Waals surface area contributed by atoms with Crippen LogP contribution in [0.2, 0.25) is 0 Å². The average Bonchev–Trinajstić information content (AvgIpc) is 2.96. The van der Waals surface area contributed by atoms with Gasteiger partial charge in [0.05, 0.1) is 7.11 Å². The molecule has 2 amide bonds. The van der Waals surface area contributed by atoms with Gasteiger partial charge in [0.15, 0.2) is 11.3 Å². The summed E-state index contributed by atoms with van der Waals surface area (Å²) in [6.45, 7) is 1.72. The molecule has 0 radical (unpaired) electrons. The molecule has 5 rings (SSSR count). The van der Waals surface area contributed by atoms with E-state index in [1.807, 2.05) is 30.3 Å². The Morgan fingerprint density at radius 2 is 1.62 bits per heavy atom. The molecule has 0 unspecified atom stereocenters. The third-order valence-electron chi connectivity index (χ3n) is 6.54. The van der Waals surface area contributed by atoms with Crippen LogP contribution in [0.15, 0.2) is 77.7 Å². The van der Waals surface area contributed by atoms with E-state index in [-0.39, 0.29) is 11.6 Å². The third-order valence-corrected chi connectivity index (χ3v) is 6.54. The van der Waals surface area contributed by atoms with Gasteiger partial charge >= 0.3 is 0 Å². The van der Waals surface area contributed by atoms with Crippen LogP contribution in [0.3, 0.4) is 0 Å². The van der Waals surface area contributed by atoms with Crippen LogP contribution in [0.4, 0.5) is 0 Å². The molecule has 0 bridgehead atoms. The summed E-state index contributed by atoms with van der Waals surface area (Å²) in [5.74, 6) is 0.0574. The van der Waals surface area contributed by atoms with Crippen molar-refractivity contribution in [3.63, 3.8) is 0 Å². The van der Waals surface area contributed by atoms with Crippen LogP contribution in [0, 0.1) is 0 Å². The maximum Gasteiger partial charge on any atom is 0.283 e. The molecule has 4 aromatic rings. The lowest BCUT2D eigenvalue weighted by Crippen LogP contribution is -2.51. The summed E-state index contributed by atoms with van der Waals surface area (Å²) < 4.78 is 6.75. The number of carbonyl (C=O) groups excluding carboxylic acids is 2. The highest BCUT2D eigenvalue weighted by Gasteiger charge is 2.29. The van der Waals surface area contributed by atoms with Crippen molar-refractivity contribution >= 4 is 23.0 Å². The van der Waals surface area contributed by atoms with Gasteiger partial charge in [0.1, 0.15) is 11.3 Å². The second kappa shape index (κ2) is 10.6. The minimum Gasteiger partial charge on any atom is -0.497 e. The van der Waals surface area contributed by atoms with E-state index in [9.17, 15) is 14.4 Å². The third kappa shape index (κ3) is 5.06. The molecule has 2 aromatic carbocycles. The molecular formula is C28H27N5O4. The summed E-state index contributed by atoms with van der Waals surface area (Å²) in [5.41, 5.74) is 1.98. The van der Waals surface area contributed by atoms with Gasteiger partial charge in [0, 0.05) is 44.5 Å². The van der Waals surface area contributed by atoms with E-state index in [1.165, 1.54) is 4.57 Å². The molecule has 9 heteroatoms. The fraction of sp³-hybridized carbons (Fsp3) is 0.250. The van der Waals surface area contributed by atoms with Crippen molar-refractivity contribution in [1.29, 1.82) is 0 Å². The fourth-order valence-electron chi connectivity index (χ4n) is 4.51. The molecule has 3 heterocycles. The predicted molar refractivity (Wildman–Crippen MR) is 139 cm³/mol. The quantitative estimate of drug-likeness (QED) is 0.406. The summed E-state index contributed by atoms with van der Waals surface area (Å²) in [7, 11) is 1.56. The van der Waals surface area contributed by atoms with E-state index in [4.69, 9.17) is 4.74 Å². The summed E-state index contributed by atoms with van der Waals surface area (Å²) >= 11 is 0. The number of pyridine rings is 1. The molecule has 0 aliphatic carbocycles. The first-order chi connectivity index (χ1) is 18.0. The summed E-state index contributed by atoms with van der Waals surface area (Å²) in [4.78, 5) is 51.9. The number of benzene rings is 2. The largest absolute Gasteiger partial charge is 0.497 e. The Labute approximate surface area is 213 Å². The molecule has 9 nitrogen and oxygen atoms in total. The Balaban J connectivity index is 1.34. The highest BCUT2D eigenvalue weighted by atomic mass is 16.5. The molecule has 1 saturated heterocycles. The molecule has 0 saturated carbocycles. The van der Waals surface area contributed by atoms with Gasteiger partial charge < -0.3 is 14.5 Å². The number of ether oxygens (including phenoxy) is 1. The SMILES string of the molecule is COc1cccc(C(=O)N2CCN(C(=O)c3nc4cccnc4n(CCc4ccccc4)c3=O)CC2)c1. The highest BCUT2D eigenvalue weighted by molar-refractivity contribution is 5.96. The van der Waals surface area contributed by atoms with Gasteiger partial charge in [-0.2, -0.15) is 0 Å². The van der Waals surface area contributed by atoms with Crippen molar-refractivity contribution in [1.82, 2.24) is 24.3 Å². The molecule has 188 valence electrons. The molecule has 0 spiro atoms. The van der Waals surface area contributed by atoms with Crippen molar-refractivity contribution in [2.75, 3.05) is 33.3 Å². The Bertz CT molecular complexity index is 1490. The number of hydrogen-bond donors (Lipinski definition) is 0. The lowest BCUT2D eigenvalue weighted by atomic mass is 10.1. The van der Waals surface area contributed by atoms with Crippen LogP contribution in [-0.4, -0.2) is 69.4 Å². The summed E-state index contributed by atoms with van der Waals surface area (Å²) in [6, 6.07) is 20.3. The van der Waals surface area contributed by atoms with E-state index in [0.29, 0.717) is 61.6 Å².